The summed E-state index contributed by atoms with van der Waals surface area (Å²) in [6.07, 6.45) is 0.788. The van der Waals surface area contributed by atoms with Crippen molar-refractivity contribution in [2.75, 3.05) is 26.8 Å². The van der Waals surface area contributed by atoms with Gasteiger partial charge in [0.1, 0.15) is 0 Å². The number of rotatable bonds is 6. The van der Waals surface area contributed by atoms with Crippen molar-refractivity contribution in [2.24, 2.45) is 0 Å². The smallest absolute Gasteiger partial charge is 0.234 e. The SMILES string of the molecule is CCOCCCN(C)S(=O)O. The van der Waals surface area contributed by atoms with Crippen LogP contribution in [0, 0.1) is 0 Å². The molecule has 0 aromatic carbocycles. The van der Waals surface area contributed by atoms with Crippen LogP contribution in [0.4, 0.5) is 0 Å². The molecule has 11 heavy (non-hydrogen) atoms. The first kappa shape index (κ1) is 11.0. The third-order valence-corrected chi connectivity index (χ3v) is 1.95. The quantitative estimate of drug-likeness (QED) is 0.479. The van der Waals surface area contributed by atoms with E-state index in [0.29, 0.717) is 19.8 Å². The Morgan fingerprint density at radius 3 is 2.73 bits per heavy atom. The molecule has 1 atom stereocenters. The Kier molecular flexibility index (Phi) is 6.74. The van der Waals surface area contributed by atoms with Crippen molar-refractivity contribution in [1.82, 2.24) is 4.31 Å². The van der Waals surface area contributed by atoms with E-state index in [-0.39, 0.29) is 0 Å². The molecule has 0 rings (SSSR count). The second kappa shape index (κ2) is 6.72. The Morgan fingerprint density at radius 1 is 1.64 bits per heavy atom. The van der Waals surface area contributed by atoms with Gasteiger partial charge in [0.15, 0.2) is 0 Å². The summed E-state index contributed by atoms with van der Waals surface area (Å²) in [5, 5.41) is 0. The molecule has 1 unspecified atom stereocenters. The van der Waals surface area contributed by atoms with Gasteiger partial charge in [-0.25, -0.2) is 8.51 Å². The van der Waals surface area contributed by atoms with E-state index < -0.39 is 11.3 Å². The predicted molar refractivity (Wildman–Crippen MR) is 44.5 cm³/mol. The van der Waals surface area contributed by atoms with Crippen LogP contribution in [0.2, 0.25) is 0 Å². The molecule has 4 nitrogen and oxygen atoms in total. The lowest BCUT2D eigenvalue weighted by Crippen LogP contribution is -2.22. The Balaban J connectivity index is 3.17. The molecule has 0 aliphatic heterocycles. The molecule has 0 fully saturated rings. The van der Waals surface area contributed by atoms with Gasteiger partial charge in [0, 0.05) is 26.8 Å². The third kappa shape index (κ3) is 6.43. The average molecular weight is 181 g/mol. The van der Waals surface area contributed by atoms with E-state index in [1.165, 1.54) is 4.31 Å². The lowest BCUT2D eigenvalue weighted by Gasteiger charge is -2.10. The van der Waals surface area contributed by atoms with Crippen LogP contribution in [0.1, 0.15) is 13.3 Å². The van der Waals surface area contributed by atoms with E-state index in [4.69, 9.17) is 9.29 Å². The summed E-state index contributed by atoms with van der Waals surface area (Å²) in [7, 11) is 1.60. The van der Waals surface area contributed by atoms with E-state index in [0.717, 1.165) is 6.42 Å². The van der Waals surface area contributed by atoms with Gasteiger partial charge in [0.05, 0.1) is 0 Å². The predicted octanol–water partition coefficient (Wildman–Crippen LogP) is 0.481. The molecule has 0 aromatic heterocycles. The molecule has 0 spiro atoms. The third-order valence-electron chi connectivity index (χ3n) is 1.23. The minimum absolute atomic E-state index is 0.586. The van der Waals surface area contributed by atoms with Crippen molar-refractivity contribution < 1.29 is 13.5 Å². The summed E-state index contributed by atoms with van der Waals surface area (Å²) in [6, 6.07) is 0. The van der Waals surface area contributed by atoms with Gasteiger partial charge in [-0.05, 0) is 13.3 Å². The first-order valence-corrected chi connectivity index (χ1v) is 4.64. The van der Waals surface area contributed by atoms with Crippen LogP contribution in [0.25, 0.3) is 0 Å². The van der Waals surface area contributed by atoms with Gasteiger partial charge in [-0.3, -0.25) is 4.55 Å². The highest BCUT2D eigenvalue weighted by Gasteiger charge is 2.01. The fraction of sp³-hybridized carbons (Fsp3) is 1.00. The highest BCUT2D eigenvalue weighted by molar-refractivity contribution is 7.76. The molecule has 1 N–H and O–H groups in total. The average Bonchev–Trinajstić information content (AvgIpc) is 1.97. The summed E-state index contributed by atoms with van der Waals surface area (Å²) in [4.78, 5) is 0. The Labute approximate surface area is 70.0 Å². The van der Waals surface area contributed by atoms with Gasteiger partial charge in [0.2, 0.25) is 11.3 Å². The van der Waals surface area contributed by atoms with Crippen LogP contribution in [-0.4, -0.2) is 39.9 Å². The molecule has 0 saturated carbocycles. The van der Waals surface area contributed by atoms with E-state index >= 15 is 0 Å². The zero-order valence-electron chi connectivity index (χ0n) is 6.95. The van der Waals surface area contributed by atoms with Crippen LogP contribution in [0.15, 0.2) is 0 Å². The van der Waals surface area contributed by atoms with Crippen molar-refractivity contribution >= 4 is 11.3 Å². The highest BCUT2D eigenvalue weighted by atomic mass is 32.2. The molecular weight excluding hydrogens is 166 g/mol. The molecule has 5 heteroatoms. The van der Waals surface area contributed by atoms with Crippen LogP contribution in [-0.2, 0) is 16.0 Å². The van der Waals surface area contributed by atoms with Crippen molar-refractivity contribution in [2.45, 2.75) is 13.3 Å². The highest BCUT2D eigenvalue weighted by Crippen LogP contribution is 1.90. The molecular formula is C6H15NO3S. The lowest BCUT2D eigenvalue weighted by molar-refractivity contribution is 0.141. The zero-order valence-corrected chi connectivity index (χ0v) is 7.76. The maximum atomic E-state index is 10.4. The fourth-order valence-corrected chi connectivity index (χ4v) is 0.897. The molecule has 0 aliphatic rings. The van der Waals surface area contributed by atoms with Gasteiger partial charge >= 0.3 is 0 Å². The Bertz CT molecular complexity index is 120. The minimum atomic E-state index is -1.84. The number of hydrogen-bond donors (Lipinski definition) is 1. The molecule has 0 radical (unpaired) electrons. The van der Waals surface area contributed by atoms with E-state index in [9.17, 15) is 4.21 Å². The molecule has 0 saturated heterocycles. The number of nitrogens with zero attached hydrogens (tertiary/aromatic N) is 1. The van der Waals surface area contributed by atoms with Gasteiger partial charge in [-0.15, -0.1) is 0 Å². The summed E-state index contributed by atoms with van der Waals surface area (Å²) >= 11 is -1.84. The van der Waals surface area contributed by atoms with Crippen LogP contribution in [0.3, 0.4) is 0 Å². The first-order valence-electron chi connectivity index (χ1n) is 3.58. The fourth-order valence-electron chi connectivity index (χ4n) is 0.612. The molecule has 68 valence electrons. The molecule has 0 aliphatic carbocycles. The van der Waals surface area contributed by atoms with Crippen LogP contribution in [0.5, 0.6) is 0 Å². The van der Waals surface area contributed by atoms with Gasteiger partial charge in [-0.1, -0.05) is 0 Å². The molecule has 0 amide bonds. The Morgan fingerprint density at radius 2 is 2.27 bits per heavy atom. The maximum absolute atomic E-state index is 10.4. The largest absolute Gasteiger partial charge is 0.382 e. The number of ether oxygens (including phenoxy) is 1. The maximum Gasteiger partial charge on any atom is 0.234 e. The van der Waals surface area contributed by atoms with E-state index in [1.54, 1.807) is 7.05 Å². The van der Waals surface area contributed by atoms with Crippen LogP contribution >= 0.6 is 0 Å². The summed E-state index contributed by atoms with van der Waals surface area (Å²) < 4.78 is 25.3. The normalized spacial score (nSPS) is 13.8. The van der Waals surface area contributed by atoms with Crippen molar-refractivity contribution in [3.8, 4) is 0 Å². The second-order valence-corrected chi connectivity index (χ2v) is 3.22. The van der Waals surface area contributed by atoms with Gasteiger partial charge in [0.25, 0.3) is 0 Å². The number of hydrogen-bond acceptors (Lipinski definition) is 2. The minimum Gasteiger partial charge on any atom is -0.382 e. The Hall–Kier alpha value is 0.0300. The van der Waals surface area contributed by atoms with Gasteiger partial charge in [-0.2, -0.15) is 0 Å². The van der Waals surface area contributed by atoms with Crippen molar-refractivity contribution in [3.63, 3.8) is 0 Å². The summed E-state index contributed by atoms with van der Waals surface area (Å²) in [6.45, 7) is 3.86. The topological polar surface area (TPSA) is 49.8 Å². The van der Waals surface area contributed by atoms with E-state index in [2.05, 4.69) is 0 Å². The lowest BCUT2D eigenvalue weighted by atomic mass is 10.4. The monoisotopic (exact) mass is 181 g/mol. The second-order valence-electron chi connectivity index (χ2n) is 2.13. The summed E-state index contributed by atoms with van der Waals surface area (Å²) in [5.41, 5.74) is 0. The van der Waals surface area contributed by atoms with Gasteiger partial charge < -0.3 is 4.74 Å². The van der Waals surface area contributed by atoms with Crippen LogP contribution < -0.4 is 0 Å². The van der Waals surface area contributed by atoms with E-state index in [1.807, 2.05) is 6.92 Å². The molecule has 0 aromatic rings. The molecule has 0 heterocycles. The first-order chi connectivity index (χ1) is 5.18. The van der Waals surface area contributed by atoms with Crippen molar-refractivity contribution in [1.29, 1.82) is 0 Å². The molecule has 0 bridgehead atoms. The van der Waals surface area contributed by atoms with Crippen molar-refractivity contribution in [3.05, 3.63) is 0 Å². The standard InChI is InChI=1S/C6H15NO3S/c1-3-10-6-4-5-7(2)11(8)9/h3-6H2,1-2H3,(H,8,9). The zero-order chi connectivity index (χ0) is 8.69. The summed E-state index contributed by atoms with van der Waals surface area (Å²) in [5.74, 6) is 0.